The van der Waals surface area contributed by atoms with Crippen LogP contribution in [0.2, 0.25) is 0 Å². The zero-order valence-corrected chi connectivity index (χ0v) is 13.8. The molecule has 0 atom stereocenters. The van der Waals surface area contributed by atoms with Gasteiger partial charge in [-0.2, -0.15) is 0 Å². The minimum atomic E-state index is 0.153. The lowest BCUT2D eigenvalue weighted by molar-refractivity contribution is 0.0628. The number of aryl methyl sites for hydroxylation is 2. The molecule has 1 aliphatic heterocycles. The Kier molecular flexibility index (Phi) is 4.72. The molecule has 0 N–H and O–H groups in total. The fraction of sp³-hybridized carbons (Fsp3) is 0.368. The molecule has 1 aliphatic rings. The van der Waals surface area contributed by atoms with E-state index in [4.69, 9.17) is 0 Å². The van der Waals surface area contributed by atoms with E-state index in [1.54, 1.807) is 0 Å². The normalized spacial score (nSPS) is 15.7. The van der Waals surface area contributed by atoms with Crippen LogP contribution < -0.4 is 0 Å². The van der Waals surface area contributed by atoms with E-state index in [-0.39, 0.29) is 5.91 Å². The number of carbonyl (C=O) groups excluding carboxylic acids is 1. The van der Waals surface area contributed by atoms with Gasteiger partial charge in [-0.25, -0.2) is 0 Å². The average Bonchev–Trinajstić information content (AvgIpc) is 2.55. The summed E-state index contributed by atoms with van der Waals surface area (Å²) in [6.07, 6.45) is 3.66. The summed E-state index contributed by atoms with van der Waals surface area (Å²) in [6, 6.07) is 10.2. The lowest BCUT2D eigenvalue weighted by Gasteiger charge is -2.34. The summed E-state index contributed by atoms with van der Waals surface area (Å²) in [5, 5.41) is 0. The Morgan fingerprint density at radius 2 is 1.61 bits per heavy atom. The minimum Gasteiger partial charge on any atom is -0.336 e. The second-order valence-corrected chi connectivity index (χ2v) is 6.30. The van der Waals surface area contributed by atoms with Crippen LogP contribution in [0.1, 0.15) is 27.0 Å². The van der Waals surface area contributed by atoms with Crippen molar-refractivity contribution in [2.24, 2.45) is 0 Å². The summed E-state index contributed by atoms with van der Waals surface area (Å²) >= 11 is 0. The van der Waals surface area contributed by atoms with Gasteiger partial charge >= 0.3 is 0 Å². The van der Waals surface area contributed by atoms with Crippen molar-refractivity contribution < 1.29 is 4.79 Å². The molecule has 1 aromatic heterocycles. The van der Waals surface area contributed by atoms with Crippen molar-refractivity contribution in [2.75, 3.05) is 26.2 Å². The third-order valence-electron chi connectivity index (χ3n) is 4.28. The molecule has 0 saturated carbocycles. The number of hydrogen-bond donors (Lipinski definition) is 0. The number of carbonyl (C=O) groups is 1. The van der Waals surface area contributed by atoms with Crippen LogP contribution in [0.3, 0.4) is 0 Å². The smallest absolute Gasteiger partial charge is 0.253 e. The van der Waals surface area contributed by atoms with Crippen LogP contribution in [0, 0.1) is 13.8 Å². The number of benzene rings is 1. The molecular formula is C19H23N3O. The van der Waals surface area contributed by atoms with Crippen LogP contribution in [0.25, 0.3) is 0 Å². The quantitative estimate of drug-likeness (QED) is 0.874. The Bertz CT molecular complexity index is 656. The Morgan fingerprint density at radius 3 is 2.22 bits per heavy atom. The number of hydrogen-bond acceptors (Lipinski definition) is 3. The highest BCUT2D eigenvalue weighted by Gasteiger charge is 2.22. The number of aromatic nitrogens is 1. The molecule has 4 heteroatoms. The van der Waals surface area contributed by atoms with Crippen molar-refractivity contribution in [1.29, 1.82) is 0 Å². The predicted molar refractivity (Wildman–Crippen MR) is 91.3 cm³/mol. The molecule has 3 rings (SSSR count). The lowest BCUT2D eigenvalue weighted by Crippen LogP contribution is -2.48. The monoisotopic (exact) mass is 309 g/mol. The van der Waals surface area contributed by atoms with Gasteiger partial charge in [0.2, 0.25) is 0 Å². The first-order chi connectivity index (χ1) is 11.1. The molecule has 2 aromatic rings. The van der Waals surface area contributed by atoms with Crippen molar-refractivity contribution in [3.63, 3.8) is 0 Å². The number of piperazine rings is 1. The van der Waals surface area contributed by atoms with Crippen molar-refractivity contribution in [2.45, 2.75) is 20.4 Å². The second-order valence-electron chi connectivity index (χ2n) is 6.30. The van der Waals surface area contributed by atoms with E-state index in [2.05, 4.69) is 16.0 Å². The zero-order chi connectivity index (χ0) is 16.2. The molecule has 4 nitrogen and oxygen atoms in total. The molecule has 0 spiro atoms. The van der Waals surface area contributed by atoms with E-state index < -0.39 is 0 Å². The maximum atomic E-state index is 12.7. The number of pyridine rings is 1. The summed E-state index contributed by atoms with van der Waals surface area (Å²) in [5.41, 5.74) is 4.37. The Morgan fingerprint density at radius 1 is 1.00 bits per heavy atom. The van der Waals surface area contributed by atoms with E-state index in [9.17, 15) is 4.79 Å². The van der Waals surface area contributed by atoms with Gasteiger partial charge in [-0.15, -0.1) is 0 Å². The maximum Gasteiger partial charge on any atom is 0.253 e. The first-order valence-corrected chi connectivity index (χ1v) is 8.10. The van der Waals surface area contributed by atoms with Crippen molar-refractivity contribution >= 4 is 5.91 Å². The van der Waals surface area contributed by atoms with Gasteiger partial charge in [0.25, 0.3) is 5.91 Å². The average molecular weight is 309 g/mol. The summed E-state index contributed by atoms with van der Waals surface area (Å²) < 4.78 is 0. The van der Waals surface area contributed by atoms with Crippen LogP contribution in [0.4, 0.5) is 0 Å². The van der Waals surface area contributed by atoms with Gasteiger partial charge in [0.05, 0.1) is 0 Å². The van der Waals surface area contributed by atoms with E-state index in [1.165, 1.54) is 5.56 Å². The minimum absolute atomic E-state index is 0.153. The van der Waals surface area contributed by atoms with E-state index in [1.807, 2.05) is 55.4 Å². The predicted octanol–water partition coefficient (Wildman–Crippen LogP) is 2.66. The highest BCUT2D eigenvalue weighted by molar-refractivity contribution is 5.94. The molecule has 0 aliphatic carbocycles. The first-order valence-electron chi connectivity index (χ1n) is 8.10. The van der Waals surface area contributed by atoms with Crippen molar-refractivity contribution in [3.8, 4) is 0 Å². The fourth-order valence-corrected chi connectivity index (χ4v) is 3.14. The van der Waals surface area contributed by atoms with Gasteiger partial charge in [0.15, 0.2) is 0 Å². The van der Waals surface area contributed by atoms with E-state index in [0.717, 1.165) is 49.4 Å². The van der Waals surface area contributed by atoms with Crippen molar-refractivity contribution in [3.05, 3.63) is 65.0 Å². The third-order valence-corrected chi connectivity index (χ3v) is 4.28. The van der Waals surface area contributed by atoms with Crippen LogP contribution in [0.15, 0.2) is 42.7 Å². The molecule has 2 heterocycles. The molecule has 120 valence electrons. The van der Waals surface area contributed by atoms with Crippen LogP contribution in [-0.4, -0.2) is 46.9 Å². The summed E-state index contributed by atoms with van der Waals surface area (Å²) in [4.78, 5) is 21.1. The fourth-order valence-electron chi connectivity index (χ4n) is 3.14. The molecule has 0 unspecified atom stereocenters. The van der Waals surface area contributed by atoms with E-state index in [0.29, 0.717) is 0 Å². The van der Waals surface area contributed by atoms with Gasteiger partial charge < -0.3 is 4.90 Å². The third kappa shape index (κ3) is 3.96. The van der Waals surface area contributed by atoms with Crippen LogP contribution >= 0.6 is 0 Å². The van der Waals surface area contributed by atoms with Gasteiger partial charge in [-0.1, -0.05) is 17.2 Å². The Hall–Kier alpha value is -2.20. The van der Waals surface area contributed by atoms with Gasteiger partial charge in [0.1, 0.15) is 0 Å². The summed E-state index contributed by atoms with van der Waals surface area (Å²) in [6.45, 7) is 8.41. The number of nitrogens with zero attached hydrogens (tertiary/aromatic N) is 3. The summed E-state index contributed by atoms with van der Waals surface area (Å²) in [5.74, 6) is 0.153. The SMILES string of the molecule is Cc1cc(C)cc(C(=O)N2CCN(Cc3ccncc3)CC2)c1. The lowest BCUT2D eigenvalue weighted by atomic mass is 10.1. The molecule has 23 heavy (non-hydrogen) atoms. The van der Waals surface area contributed by atoms with Gasteiger partial charge in [-0.05, 0) is 43.7 Å². The molecular weight excluding hydrogens is 286 g/mol. The summed E-state index contributed by atoms with van der Waals surface area (Å²) in [7, 11) is 0. The molecule has 1 fully saturated rings. The number of rotatable bonds is 3. The van der Waals surface area contributed by atoms with Crippen LogP contribution in [-0.2, 0) is 6.54 Å². The highest BCUT2D eigenvalue weighted by atomic mass is 16.2. The maximum absolute atomic E-state index is 12.7. The first kappa shape index (κ1) is 15.7. The largest absolute Gasteiger partial charge is 0.336 e. The highest BCUT2D eigenvalue weighted by Crippen LogP contribution is 2.14. The topological polar surface area (TPSA) is 36.4 Å². The van der Waals surface area contributed by atoms with Gasteiger partial charge in [-0.3, -0.25) is 14.7 Å². The molecule has 1 aromatic carbocycles. The Labute approximate surface area is 137 Å². The molecule has 0 bridgehead atoms. The van der Waals surface area contributed by atoms with E-state index >= 15 is 0 Å². The number of amides is 1. The molecule has 1 amide bonds. The van der Waals surface area contributed by atoms with Crippen LogP contribution in [0.5, 0.6) is 0 Å². The molecule has 1 saturated heterocycles. The van der Waals surface area contributed by atoms with Gasteiger partial charge in [0, 0.05) is 50.7 Å². The Balaban J connectivity index is 1.59. The van der Waals surface area contributed by atoms with Crippen molar-refractivity contribution in [1.82, 2.24) is 14.8 Å². The molecule has 0 radical (unpaired) electrons. The zero-order valence-electron chi connectivity index (χ0n) is 13.8. The standard InChI is InChI=1S/C19H23N3O/c1-15-11-16(2)13-18(12-15)19(23)22-9-7-21(8-10-22)14-17-3-5-20-6-4-17/h3-6,11-13H,7-10,14H2,1-2H3. The second kappa shape index (κ2) is 6.92.